The third-order valence-electron chi connectivity index (χ3n) is 5.17. The van der Waals surface area contributed by atoms with Gasteiger partial charge in [0.25, 0.3) is 0 Å². The molecule has 154 valence electrons. The van der Waals surface area contributed by atoms with Crippen LogP contribution in [0.4, 0.5) is 20.3 Å². The van der Waals surface area contributed by atoms with Gasteiger partial charge in [-0.2, -0.15) is 0 Å². The normalized spacial score (nSPS) is 14.6. The van der Waals surface area contributed by atoms with Crippen LogP contribution in [0.15, 0.2) is 54.6 Å². The van der Waals surface area contributed by atoms with Gasteiger partial charge in [0, 0.05) is 41.3 Å². The quantitative estimate of drug-likeness (QED) is 0.640. The van der Waals surface area contributed by atoms with Crippen molar-refractivity contribution in [2.24, 2.45) is 5.92 Å². The number of benzene rings is 2. The van der Waals surface area contributed by atoms with E-state index in [1.54, 1.807) is 0 Å². The number of amides is 1. The molecular weight excluding hydrogens is 410 g/mol. The molecule has 3 aromatic rings. The van der Waals surface area contributed by atoms with Gasteiger partial charge in [0.15, 0.2) is 17.5 Å². The summed E-state index contributed by atoms with van der Waals surface area (Å²) in [5.74, 6) is -1.56. The van der Waals surface area contributed by atoms with E-state index in [1.807, 2.05) is 36.4 Å². The molecule has 1 aromatic heterocycles. The smallest absolute Gasteiger partial charge is 0.227 e. The van der Waals surface area contributed by atoms with E-state index in [0.717, 1.165) is 29.2 Å². The highest BCUT2D eigenvalue weighted by atomic mass is 35.5. The predicted molar refractivity (Wildman–Crippen MR) is 112 cm³/mol. The maximum absolute atomic E-state index is 13.3. The molecule has 0 radical (unpaired) electrons. The van der Waals surface area contributed by atoms with E-state index < -0.39 is 11.6 Å². The highest BCUT2D eigenvalue weighted by Gasteiger charge is 2.26. The molecule has 1 saturated heterocycles. The lowest BCUT2D eigenvalue weighted by Gasteiger charge is -2.31. The molecule has 1 amide bonds. The zero-order chi connectivity index (χ0) is 21.1. The van der Waals surface area contributed by atoms with E-state index in [9.17, 15) is 13.6 Å². The van der Waals surface area contributed by atoms with Crippen LogP contribution in [0.25, 0.3) is 11.3 Å². The van der Waals surface area contributed by atoms with Gasteiger partial charge >= 0.3 is 0 Å². The van der Waals surface area contributed by atoms with Gasteiger partial charge in [-0.05, 0) is 49.2 Å². The average molecular weight is 429 g/mol. The minimum atomic E-state index is -0.983. The Morgan fingerprint density at radius 1 is 0.967 bits per heavy atom. The Morgan fingerprint density at radius 3 is 2.33 bits per heavy atom. The molecule has 0 unspecified atom stereocenters. The number of halogens is 3. The number of piperidine rings is 1. The van der Waals surface area contributed by atoms with Gasteiger partial charge in [0.05, 0.1) is 5.69 Å². The monoisotopic (exact) mass is 428 g/mol. The molecule has 5 nitrogen and oxygen atoms in total. The van der Waals surface area contributed by atoms with Crippen molar-refractivity contribution in [2.45, 2.75) is 12.8 Å². The Bertz CT molecular complexity index is 1040. The maximum Gasteiger partial charge on any atom is 0.227 e. The Morgan fingerprint density at radius 2 is 1.70 bits per heavy atom. The molecule has 0 atom stereocenters. The first-order valence-corrected chi connectivity index (χ1v) is 9.98. The molecule has 0 bridgehead atoms. The lowest BCUT2D eigenvalue weighted by Crippen LogP contribution is -2.38. The summed E-state index contributed by atoms with van der Waals surface area (Å²) in [6, 6.07) is 14.6. The van der Waals surface area contributed by atoms with Gasteiger partial charge in [0.1, 0.15) is 0 Å². The highest BCUT2D eigenvalue weighted by molar-refractivity contribution is 6.30. The number of hydrogen-bond donors (Lipinski definition) is 1. The zero-order valence-electron chi connectivity index (χ0n) is 16.0. The lowest BCUT2D eigenvalue weighted by atomic mass is 9.95. The minimum absolute atomic E-state index is 0.190. The number of aromatic nitrogens is 2. The fourth-order valence-corrected chi connectivity index (χ4v) is 3.58. The predicted octanol–water partition coefficient (Wildman–Crippen LogP) is 4.93. The third-order valence-corrected chi connectivity index (χ3v) is 5.42. The van der Waals surface area contributed by atoms with Crippen LogP contribution in [-0.4, -0.2) is 29.2 Å². The zero-order valence-corrected chi connectivity index (χ0v) is 16.7. The summed E-state index contributed by atoms with van der Waals surface area (Å²) in [5, 5.41) is 11.9. The van der Waals surface area contributed by atoms with Crippen LogP contribution in [0.5, 0.6) is 0 Å². The summed E-state index contributed by atoms with van der Waals surface area (Å²) >= 11 is 5.92. The second-order valence-corrected chi connectivity index (χ2v) is 7.60. The highest BCUT2D eigenvalue weighted by Crippen LogP contribution is 2.25. The number of nitrogens with one attached hydrogen (secondary N) is 1. The molecule has 30 heavy (non-hydrogen) atoms. The summed E-state index contributed by atoms with van der Waals surface area (Å²) in [6.45, 7) is 1.32. The van der Waals surface area contributed by atoms with Gasteiger partial charge in [-0.25, -0.2) is 8.78 Å². The fraction of sp³-hybridized carbons (Fsp3) is 0.227. The first-order chi connectivity index (χ1) is 14.5. The van der Waals surface area contributed by atoms with Crippen LogP contribution in [0.1, 0.15) is 12.8 Å². The lowest BCUT2D eigenvalue weighted by molar-refractivity contribution is -0.120. The van der Waals surface area contributed by atoms with Crippen LogP contribution < -0.4 is 10.2 Å². The molecular formula is C22H19ClF2N4O. The molecule has 1 N–H and O–H groups in total. The van der Waals surface area contributed by atoms with Crippen LogP contribution in [0, 0.1) is 17.6 Å². The van der Waals surface area contributed by atoms with Crippen molar-refractivity contribution >= 4 is 29.0 Å². The topological polar surface area (TPSA) is 58.1 Å². The molecule has 8 heteroatoms. The number of carbonyl (C=O) groups is 1. The number of carbonyl (C=O) groups excluding carboxylic acids is 1. The first kappa shape index (κ1) is 20.2. The average Bonchev–Trinajstić information content (AvgIpc) is 2.77. The number of nitrogens with zero attached hydrogens (tertiary/aromatic N) is 3. The van der Waals surface area contributed by atoms with Gasteiger partial charge in [0.2, 0.25) is 5.91 Å². The van der Waals surface area contributed by atoms with Crippen LogP contribution >= 0.6 is 11.6 Å². The maximum atomic E-state index is 13.3. The largest absolute Gasteiger partial charge is 0.355 e. The van der Waals surface area contributed by atoms with Gasteiger partial charge in [-0.15, -0.1) is 10.2 Å². The van der Waals surface area contributed by atoms with Crippen molar-refractivity contribution in [1.82, 2.24) is 10.2 Å². The summed E-state index contributed by atoms with van der Waals surface area (Å²) < 4.78 is 26.3. The van der Waals surface area contributed by atoms with E-state index >= 15 is 0 Å². The van der Waals surface area contributed by atoms with E-state index in [1.165, 1.54) is 6.07 Å². The molecule has 1 aliphatic rings. The van der Waals surface area contributed by atoms with E-state index in [-0.39, 0.29) is 17.5 Å². The van der Waals surface area contributed by atoms with Crippen molar-refractivity contribution in [1.29, 1.82) is 0 Å². The Balaban J connectivity index is 1.34. The molecule has 2 heterocycles. The van der Waals surface area contributed by atoms with Gasteiger partial charge in [-0.1, -0.05) is 23.7 Å². The summed E-state index contributed by atoms with van der Waals surface area (Å²) in [5.41, 5.74) is 1.95. The number of hydrogen-bond acceptors (Lipinski definition) is 4. The number of rotatable bonds is 4. The van der Waals surface area contributed by atoms with Crippen molar-refractivity contribution in [3.8, 4) is 11.3 Å². The second kappa shape index (κ2) is 8.75. The summed E-state index contributed by atoms with van der Waals surface area (Å²) in [7, 11) is 0. The Kier molecular flexibility index (Phi) is 5.90. The Labute approximate surface area is 177 Å². The van der Waals surface area contributed by atoms with Crippen molar-refractivity contribution in [3.05, 3.63) is 71.3 Å². The summed E-state index contributed by atoms with van der Waals surface area (Å²) in [4.78, 5) is 14.5. The molecule has 0 saturated carbocycles. The molecule has 0 spiro atoms. The molecule has 1 aliphatic heterocycles. The van der Waals surface area contributed by atoms with Crippen molar-refractivity contribution in [3.63, 3.8) is 0 Å². The van der Waals surface area contributed by atoms with Crippen molar-refractivity contribution in [2.75, 3.05) is 23.3 Å². The van der Waals surface area contributed by atoms with E-state index in [4.69, 9.17) is 11.6 Å². The standard InChI is InChI=1S/C22H19ClF2N4O/c23-16-3-1-14(2-4-16)20-7-8-21(28-27-20)29-11-9-15(10-12-29)22(30)26-17-5-6-18(24)19(25)13-17/h1-8,13,15H,9-12H2,(H,26,30). The Hall–Kier alpha value is -3.06. The van der Waals surface area contributed by atoms with Crippen molar-refractivity contribution < 1.29 is 13.6 Å². The second-order valence-electron chi connectivity index (χ2n) is 7.16. The van der Waals surface area contributed by atoms with Gasteiger partial charge < -0.3 is 10.2 Å². The summed E-state index contributed by atoms with van der Waals surface area (Å²) in [6.07, 6.45) is 1.27. The molecule has 4 rings (SSSR count). The first-order valence-electron chi connectivity index (χ1n) is 9.60. The van der Waals surface area contributed by atoms with E-state index in [0.29, 0.717) is 31.0 Å². The third kappa shape index (κ3) is 4.57. The fourth-order valence-electron chi connectivity index (χ4n) is 3.46. The van der Waals surface area contributed by atoms with Crippen LogP contribution in [0.3, 0.4) is 0 Å². The van der Waals surface area contributed by atoms with Crippen LogP contribution in [-0.2, 0) is 4.79 Å². The molecule has 0 aliphatic carbocycles. The molecule has 2 aromatic carbocycles. The minimum Gasteiger partial charge on any atom is -0.355 e. The molecule has 1 fully saturated rings. The van der Waals surface area contributed by atoms with E-state index in [2.05, 4.69) is 20.4 Å². The van der Waals surface area contributed by atoms with Crippen LogP contribution in [0.2, 0.25) is 5.02 Å². The van der Waals surface area contributed by atoms with Gasteiger partial charge in [-0.3, -0.25) is 4.79 Å². The number of anilines is 2. The SMILES string of the molecule is O=C(Nc1ccc(F)c(F)c1)C1CCN(c2ccc(-c3ccc(Cl)cc3)nn2)CC1.